The lowest BCUT2D eigenvalue weighted by Gasteiger charge is -2.09. The molecule has 7 heteroatoms. The third-order valence-electron chi connectivity index (χ3n) is 3.19. The maximum absolute atomic E-state index is 13.6. The van der Waals surface area contributed by atoms with E-state index in [1.165, 1.54) is 0 Å². The highest BCUT2D eigenvalue weighted by Gasteiger charge is 2.20. The van der Waals surface area contributed by atoms with E-state index in [0.717, 1.165) is 28.7 Å². The van der Waals surface area contributed by atoms with E-state index >= 15 is 0 Å². The van der Waals surface area contributed by atoms with E-state index in [0.29, 0.717) is 6.07 Å². The molecule has 0 saturated carbocycles. The van der Waals surface area contributed by atoms with Gasteiger partial charge in [-0.15, -0.1) is 0 Å². The van der Waals surface area contributed by atoms with Crippen LogP contribution in [0.15, 0.2) is 47.4 Å². The fraction of sp³-hybridized carbons (Fsp3) is 0.0667. The molecule has 0 aliphatic carbocycles. The zero-order valence-corrected chi connectivity index (χ0v) is 12.3. The number of halogens is 2. The minimum absolute atomic E-state index is 0.273. The van der Waals surface area contributed by atoms with Crippen molar-refractivity contribution in [3.63, 3.8) is 0 Å². The molecule has 114 valence electrons. The molecule has 4 nitrogen and oxygen atoms in total. The van der Waals surface area contributed by atoms with Crippen LogP contribution in [0.5, 0.6) is 0 Å². The number of benzene rings is 2. The normalized spacial score (nSPS) is 11.8. The summed E-state index contributed by atoms with van der Waals surface area (Å²) in [6.45, 7) is 1.88. The van der Waals surface area contributed by atoms with Crippen LogP contribution in [0.2, 0.25) is 0 Å². The van der Waals surface area contributed by atoms with Crippen molar-refractivity contribution < 1.29 is 17.2 Å². The number of nitrogens with one attached hydrogen (secondary N) is 2. The Kier molecular flexibility index (Phi) is 3.37. The molecule has 22 heavy (non-hydrogen) atoms. The SMILES string of the molecule is Cc1cc2cc(NS(=O)(=O)c3cc(F)ccc3F)ccc2[nH]1. The van der Waals surface area contributed by atoms with Crippen molar-refractivity contribution in [2.75, 3.05) is 4.72 Å². The van der Waals surface area contributed by atoms with Crippen LogP contribution in [-0.2, 0) is 10.0 Å². The summed E-state index contributed by atoms with van der Waals surface area (Å²) in [5.41, 5.74) is 2.07. The Labute approximate surface area is 125 Å². The molecule has 0 fully saturated rings. The molecule has 0 spiro atoms. The van der Waals surface area contributed by atoms with Gasteiger partial charge in [-0.05, 0) is 49.4 Å². The van der Waals surface area contributed by atoms with E-state index in [2.05, 4.69) is 9.71 Å². The minimum atomic E-state index is -4.20. The summed E-state index contributed by atoms with van der Waals surface area (Å²) in [7, 11) is -4.20. The van der Waals surface area contributed by atoms with Gasteiger partial charge in [-0.1, -0.05) is 0 Å². The number of aromatic amines is 1. The molecule has 0 unspecified atom stereocenters. The van der Waals surface area contributed by atoms with E-state index in [1.807, 2.05) is 13.0 Å². The summed E-state index contributed by atoms with van der Waals surface area (Å²) < 4.78 is 53.4. The lowest BCUT2D eigenvalue weighted by Crippen LogP contribution is -2.14. The highest BCUT2D eigenvalue weighted by atomic mass is 32.2. The molecule has 3 rings (SSSR count). The Morgan fingerprint density at radius 2 is 1.82 bits per heavy atom. The molecule has 0 aliphatic heterocycles. The molecule has 0 amide bonds. The number of fused-ring (bicyclic) bond motifs is 1. The smallest absolute Gasteiger partial charge is 0.264 e. The third-order valence-corrected chi connectivity index (χ3v) is 4.59. The lowest BCUT2D eigenvalue weighted by atomic mass is 10.2. The second kappa shape index (κ2) is 5.10. The molecule has 0 radical (unpaired) electrons. The van der Waals surface area contributed by atoms with Crippen molar-refractivity contribution in [3.05, 3.63) is 59.8 Å². The lowest BCUT2D eigenvalue weighted by molar-refractivity contribution is 0.555. The number of hydrogen-bond donors (Lipinski definition) is 2. The zero-order chi connectivity index (χ0) is 15.9. The first-order chi connectivity index (χ1) is 10.3. The number of hydrogen-bond acceptors (Lipinski definition) is 2. The van der Waals surface area contributed by atoms with Crippen LogP contribution in [0.4, 0.5) is 14.5 Å². The molecule has 0 saturated heterocycles. The number of anilines is 1. The number of sulfonamides is 1. The molecule has 2 N–H and O–H groups in total. The molecule has 2 aromatic carbocycles. The highest BCUT2D eigenvalue weighted by Crippen LogP contribution is 2.23. The van der Waals surface area contributed by atoms with Crippen molar-refractivity contribution in [1.82, 2.24) is 4.98 Å². The van der Waals surface area contributed by atoms with E-state index in [9.17, 15) is 17.2 Å². The molecule has 1 heterocycles. The van der Waals surface area contributed by atoms with Crippen LogP contribution >= 0.6 is 0 Å². The number of rotatable bonds is 3. The second-order valence-electron chi connectivity index (χ2n) is 4.93. The van der Waals surface area contributed by atoms with Gasteiger partial charge in [0.2, 0.25) is 0 Å². The van der Waals surface area contributed by atoms with Crippen LogP contribution in [0.3, 0.4) is 0 Å². The van der Waals surface area contributed by atoms with E-state index in [-0.39, 0.29) is 5.69 Å². The topological polar surface area (TPSA) is 62.0 Å². The van der Waals surface area contributed by atoms with Gasteiger partial charge in [0.05, 0.1) is 0 Å². The Morgan fingerprint density at radius 3 is 2.59 bits per heavy atom. The van der Waals surface area contributed by atoms with Gasteiger partial charge in [-0.2, -0.15) is 0 Å². The van der Waals surface area contributed by atoms with Gasteiger partial charge < -0.3 is 4.98 Å². The van der Waals surface area contributed by atoms with Crippen LogP contribution < -0.4 is 4.72 Å². The summed E-state index contributed by atoms with van der Waals surface area (Å²) in [4.78, 5) is 2.39. The zero-order valence-electron chi connectivity index (χ0n) is 11.5. The van der Waals surface area contributed by atoms with Crippen molar-refractivity contribution in [1.29, 1.82) is 0 Å². The minimum Gasteiger partial charge on any atom is -0.359 e. The largest absolute Gasteiger partial charge is 0.359 e. The maximum atomic E-state index is 13.6. The standard InChI is InChI=1S/C15H12F2N2O2S/c1-9-6-10-7-12(3-5-14(10)18-9)19-22(20,21)15-8-11(16)2-4-13(15)17/h2-8,18-19H,1H3. The van der Waals surface area contributed by atoms with Crippen LogP contribution in [0.1, 0.15) is 5.69 Å². The van der Waals surface area contributed by atoms with E-state index in [4.69, 9.17) is 0 Å². The third kappa shape index (κ3) is 2.67. The van der Waals surface area contributed by atoms with E-state index < -0.39 is 26.6 Å². The summed E-state index contributed by atoms with van der Waals surface area (Å²) in [6.07, 6.45) is 0. The Balaban J connectivity index is 2.00. The molecular formula is C15H12F2N2O2S. The Morgan fingerprint density at radius 1 is 1.05 bits per heavy atom. The van der Waals surface area contributed by atoms with Crippen molar-refractivity contribution in [2.24, 2.45) is 0 Å². The summed E-state index contributed by atoms with van der Waals surface area (Å²) in [6, 6.07) is 9.03. The molecular weight excluding hydrogens is 310 g/mol. The predicted octanol–water partition coefficient (Wildman–Crippen LogP) is 3.56. The Bertz CT molecular complexity index is 965. The first-order valence-corrected chi connectivity index (χ1v) is 7.91. The average Bonchev–Trinajstić information content (AvgIpc) is 2.80. The molecule has 0 aliphatic rings. The summed E-state index contributed by atoms with van der Waals surface area (Å²) in [5, 5.41) is 0.817. The van der Waals surface area contributed by atoms with Gasteiger partial charge in [-0.25, -0.2) is 17.2 Å². The summed E-state index contributed by atoms with van der Waals surface area (Å²) in [5.74, 6) is -1.83. The first-order valence-electron chi connectivity index (χ1n) is 6.42. The van der Waals surface area contributed by atoms with Gasteiger partial charge in [0.1, 0.15) is 16.5 Å². The van der Waals surface area contributed by atoms with Crippen LogP contribution in [0.25, 0.3) is 10.9 Å². The first kappa shape index (κ1) is 14.5. The maximum Gasteiger partial charge on any atom is 0.264 e. The van der Waals surface area contributed by atoms with Crippen LogP contribution in [-0.4, -0.2) is 13.4 Å². The van der Waals surface area contributed by atoms with Gasteiger partial charge >= 0.3 is 0 Å². The molecule has 1 aromatic heterocycles. The molecule has 0 bridgehead atoms. The van der Waals surface area contributed by atoms with Gasteiger partial charge in [0, 0.05) is 22.3 Å². The fourth-order valence-electron chi connectivity index (χ4n) is 2.23. The monoisotopic (exact) mass is 322 g/mol. The second-order valence-corrected chi connectivity index (χ2v) is 6.59. The molecule has 0 atom stereocenters. The molecule has 3 aromatic rings. The number of H-pyrrole nitrogens is 1. The average molecular weight is 322 g/mol. The highest BCUT2D eigenvalue weighted by molar-refractivity contribution is 7.92. The predicted molar refractivity (Wildman–Crippen MR) is 80.2 cm³/mol. The number of aryl methyl sites for hydroxylation is 1. The summed E-state index contributed by atoms with van der Waals surface area (Å²) >= 11 is 0. The Hall–Kier alpha value is -2.41. The van der Waals surface area contributed by atoms with Crippen molar-refractivity contribution >= 4 is 26.6 Å². The van der Waals surface area contributed by atoms with Crippen LogP contribution in [0, 0.1) is 18.6 Å². The quantitative estimate of drug-likeness (QED) is 0.774. The van der Waals surface area contributed by atoms with Gasteiger partial charge in [0.15, 0.2) is 0 Å². The van der Waals surface area contributed by atoms with E-state index in [1.54, 1.807) is 18.2 Å². The van der Waals surface area contributed by atoms with Crippen molar-refractivity contribution in [2.45, 2.75) is 11.8 Å². The fourth-order valence-corrected chi connectivity index (χ4v) is 3.37. The number of aromatic nitrogens is 1. The van der Waals surface area contributed by atoms with Gasteiger partial charge in [-0.3, -0.25) is 4.72 Å². The van der Waals surface area contributed by atoms with Gasteiger partial charge in [0.25, 0.3) is 10.0 Å². The van der Waals surface area contributed by atoms with Crippen molar-refractivity contribution in [3.8, 4) is 0 Å².